The summed E-state index contributed by atoms with van der Waals surface area (Å²) in [4.78, 5) is 17.0. The van der Waals surface area contributed by atoms with Crippen LogP contribution in [-0.2, 0) is 17.9 Å². The average Bonchev–Trinajstić information content (AvgIpc) is 3.49. The second-order valence-corrected chi connectivity index (χ2v) is 9.93. The highest BCUT2D eigenvalue weighted by molar-refractivity contribution is 7.99. The van der Waals surface area contributed by atoms with Crippen molar-refractivity contribution in [3.05, 3.63) is 64.3 Å². The van der Waals surface area contributed by atoms with E-state index in [1.807, 2.05) is 73.2 Å². The average molecular weight is 544 g/mol. The fourth-order valence-corrected chi connectivity index (χ4v) is 5.05. The van der Waals surface area contributed by atoms with Crippen molar-refractivity contribution < 1.29 is 14.3 Å². The molecule has 0 radical (unpaired) electrons. The molecule has 0 saturated carbocycles. The first-order valence-electron chi connectivity index (χ1n) is 11.4. The lowest BCUT2D eigenvalue weighted by Crippen LogP contribution is -2.14. The van der Waals surface area contributed by atoms with Gasteiger partial charge in [-0.15, -0.1) is 21.5 Å². The minimum Gasteiger partial charge on any atom is -0.490 e. The van der Waals surface area contributed by atoms with Gasteiger partial charge in [-0.3, -0.25) is 4.79 Å². The number of halogens is 1. The predicted molar refractivity (Wildman–Crippen MR) is 144 cm³/mol. The summed E-state index contributed by atoms with van der Waals surface area (Å²) in [7, 11) is 0. The third-order valence-electron chi connectivity index (χ3n) is 5.09. The highest BCUT2D eigenvalue weighted by Crippen LogP contribution is 2.30. The number of thioether (sulfide) groups is 1. The van der Waals surface area contributed by atoms with Gasteiger partial charge in [-0.05, 0) is 50.6 Å². The van der Waals surface area contributed by atoms with Gasteiger partial charge in [0.15, 0.2) is 27.6 Å². The lowest BCUT2D eigenvalue weighted by atomic mass is 10.2. The first-order chi connectivity index (χ1) is 17.5. The van der Waals surface area contributed by atoms with Crippen molar-refractivity contribution >= 4 is 45.7 Å². The van der Waals surface area contributed by atoms with Gasteiger partial charge in [0.05, 0.1) is 18.1 Å². The number of aromatic nitrogens is 4. The summed E-state index contributed by atoms with van der Waals surface area (Å²) in [5.41, 5.74) is 2.82. The molecule has 0 saturated heterocycles. The van der Waals surface area contributed by atoms with E-state index in [1.54, 1.807) is 0 Å². The summed E-state index contributed by atoms with van der Waals surface area (Å²) in [6.45, 7) is 7.39. The Kier molecular flexibility index (Phi) is 8.84. The standard InChI is InChI=1S/C25H26ClN5O3S2/c1-4-31-22(13-34-20-11-6-16(3)12-21(20)33-5-2)29-30-25(31)36-15-23(32)28-24-27-19(14-35-24)17-7-9-18(26)10-8-17/h6-12,14H,4-5,13,15H2,1-3H3,(H,27,28,32). The van der Waals surface area contributed by atoms with Gasteiger partial charge < -0.3 is 19.4 Å². The third-order valence-corrected chi connectivity index (χ3v) is 7.06. The van der Waals surface area contributed by atoms with Gasteiger partial charge in [-0.1, -0.05) is 41.6 Å². The molecule has 0 bridgehead atoms. The smallest absolute Gasteiger partial charge is 0.236 e. The summed E-state index contributed by atoms with van der Waals surface area (Å²) in [5, 5.41) is 15.2. The van der Waals surface area contributed by atoms with Gasteiger partial charge in [0.2, 0.25) is 5.91 Å². The van der Waals surface area contributed by atoms with E-state index in [-0.39, 0.29) is 18.3 Å². The van der Waals surface area contributed by atoms with E-state index >= 15 is 0 Å². The van der Waals surface area contributed by atoms with Crippen LogP contribution in [0.4, 0.5) is 5.13 Å². The molecule has 0 aliphatic carbocycles. The molecular formula is C25H26ClN5O3S2. The van der Waals surface area contributed by atoms with E-state index in [4.69, 9.17) is 21.1 Å². The molecule has 4 aromatic rings. The van der Waals surface area contributed by atoms with Gasteiger partial charge in [0.25, 0.3) is 0 Å². The Morgan fingerprint density at radius 2 is 1.92 bits per heavy atom. The maximum Gasteiger partial charge on any atom is 0.236 e. The van der Waals surface area contributed by atoms with Crippen LogP contribution in [0.1, 0.15) is 25.2 Å². The van der Waals surface area contributed by atoms with E-state index in [9.17, 15) is 4.79 Å². The predicted octanol–water partition coefficient (Wildman–Crippen LogP) is 6.09. The number of nitrogens with zero attached hydrogens (tertiary/aromatic N) is 4. The van der Waals surface area contributed by atoms with Gasteiger partial charge in [-0.2, -0.15) is 0 Å². The molecule has 0 unspecified atom stereocenters. The number of hydrogen-bond donors (Lipinski definition) is 1. The van der Waals surface area contributed by atoms with E-state index in [0.717, 1.165) is 16.8 Å². The number of anilines is 1. The summed E-state index contributed by atoms with van der Waals surface area (Å²) in [6, 6.07) is 13.2. The lowest BCUT2D eigenvalue weighted by Gasteiger charge is -2.13. The molecule has 2 heterocycles. The van der Waals surface area contributed by atoms with Crippen molar-refractivity contribution in [2.45, 2.75) is 39.1 Å². The molecular weight excluding hydrogens is 518 g/mol. The highest BCUT2D eigenvalue weighted by Gasteiger charge is 2.16. The second-order valence-electron chi connectivity index (χ2n) is 7.70. The normalized spacial score (nSPS) is 10.9. The van der Waals surface area contributed by atoms with Crippen LogP contribution in [0, 0.1) is 6.92 Å². The van der Waals surface area contributed by atoms with Crippen LogP contribution in [-0.4, -0.2) is 38.0 Å². The summed E-state index contributed by atoms with van der Waals surface area (Å²) < 4.78 is 13.6. The van der Waals surface area contributed by atoms with Crippen molar-refractivity contribution in [3.8, 4) is 22.8 Å². The molecule has 0 atom stereocenters. The summed E-state index contributed by atoms with van der Waals surface area (Å²) in [5.74, 6) is 2.05. The quantitative estimate of drug-likeness (QED) is 0.229. The van der Waals surface area contributed by atoms with Crippen molar-refractivity contribution in [1.29, 1.82) is 0 Å². The van der Waals surface area contributed by atoms with Crippen molar-refractivity contribution in [2.75, 3.05) is 17.7 Å². The zero-order valence-corrected chi connectivity index (χ0v) is 22.5. The molecule has 0 aliphatic heterocycles. The number of ether oxygens (including phenoxy) is 2. The van der Waals surface area contributed by atoms with Crippen LogP contribution in [0.5, 0.6) is 11.5 Å². The van der Waals surface area contributed by atoms with E-state index in [0.29, 0.717) is 45.8 Å². The fraction of sp³-hybridized carbons (Fsp3) is 0.280. The van der Waals surface area contributed by atoms with Crippen LogP contribution in [0.2, 0.25) is 5.02 Å². The Bertz CT molecular complexity index is 1320. The minimum absolute atomic E-state index is 0.165. The van der Waals surface area contributed by atoms with E-state index in [2.05, 4.69) is 20.5 Å². The molecule has 4 rings (SSSR count). The minimum atomic E-state index is -0.165. The summed E-state index contributed by atoms with van der Waals surface area (Å²) >= 11 is 8.64. The van der Waals surface area contributed by atoms with Gasteiger partial charge in [0, 0.05) is 22.5 Å². The van der Waals surface area contributed by atoms with Gasteiger partial charge in [0.1, 0.15) is 6.61 Å². The Morgan fingerprint density at radius 3 is 2.67 bits per heavy atom. The van der Waals surface area contributed by atoms with E-state index in [1.165, 1.54) is 23.1 Å². The number of thiazole rings is 1. The summed E-state index contributed by atoms with van der Waals surface area (Å²) in [6.07, 6.45) is 0. The van der Waals surface area contributed by atoms with Gasteiger partial charge >= 0.3 is 0 Å². The van der Waals surface area contributed by atoms with Crippen molar-refractivity contribution in [3.63, 3.8) is 0 Å². The molecule has 36 heavy (non-hydrogen) atoms. The van der Waals surface area contributed by atoms with Crippen LogP contribution < -0.4 is 14.8 Å². The number of benzene rings is 2. The second kappa shape index (κ2) is 12.2. The molecule has 8 nitrogen and oxygen atoms in total. The molecule has 1 amide bonds. The first-order valence-corrected chi connectivity index (χ1v) is 13.6. The number of amides is 1. The molecule has 1 N–H and O–H groups in total. The number of rotatable bonds is 11. The van der Waals surface area contributed by atoms with Crippen LogP contribution in [0.3, 0.4) is 0 Å². The Labute approximate surface area is 223 Å². The Morgan fingerprint density at radius 1 is 1.11 bits per heavy atom. The molecule has 2 aromatic carbocycles. The molecule has 0 aliphatic rings. The van der Waals surface area contributed by atoms with E-state index < -0.39 is 0 Å². The number of carbonyl (C=O) groups is 1. The largest absolute Gasteiger partial charge is 0.490 e. The van der Waals surface area contributed by atoms with Crippen LogP contribution >= 0.6 is 34.7 Å². The number of carbonyl (C=O) groups excluding carboxylic acids is 1. The van der Waals surface area contributed by atoms with Crippen molar-refractivity contribution in [1.82, 2.24) is 19.7 Å². The number of aryl methyl sites for hydroxylation is 1. The third kappa shape index (κ3) is 6.57. The highest BCUT2D eigenvalue weighted by atomic mass is 35.5. The number of nitrogens with one attached hydrogen (secondary N) is 1. The first kappa shape index (κ1) is 26.0. The van der Waals surface area contributed by atoms with Crippen LogP contribution in [0.25, 0.3) is 11.3 Å². The molecule has 0 fully saturated rings. The molecule has 11 heteroatoms. The van der Waals surface area contributed by atoms with Crippen LogP contribution in [0.15, 0.2) is 53.0 Å². The monoisotopic (exact) mass is 543 g/mol. The zero-order chi connectivity index (χ0) is 25.5. The fourth-order valence-electron chi connectivity index (χ4n) is 3.37. The maximum absolute atomic E-state index is 12.5. The Balaban J connectivity index is 1.34. The lowest BCUT2D eigenvalue weighted by molar-refractivity contribution is -0.113. The van der Waals surface area contributed by atoms with Gasteiger partial charge in [-0.25, -0.2) is 4.98 Å². The molecule has 2 aromatic heterocycles. The molecule has 0 spiro atoms. The molecule has 188 valence electrons. The Hall–Kier alpha value is -3.08. The van der Waals surface area contributed by atoms with Crippen molar-refractivity contribution in [2.24, 2.45) is 0 Å². The zero-order valence-electron chi connectivity index (χ0n) is 20.2. The topological polar surface area (TPSA) is 91.2 Å². The SMILES string of the molecule is CCOc1cc(C)ccc1OCc1nnc(SCC(=O)Nc2nc(-c3ccc(Cl)cc3)cs2)n1CC. The number of hydrogen-bond acceptors (Lipinski definition) is 8. The maximum atomic E-state index is 12.5.